The van der Waals surface area contributed by atoms with Gasteiger partial charge in [-0.2, -0.15) is 9.78 Å². The summed E-state index contributed by atoms with van der Waals surface area (Å²) in [5, 5.41) is 4.89. The van der Waals surface area contributed by atoms with Gasteiger partial charge in [0.2, 0.25) is 0 Å². The molecule has 2 aromatic carbocycles. The average molecular weight is 417 g/mol. The van der Waals surface area contributed by atoms with E-state index in [0.717, 1.165) is 29.5 Å². The summed E-state index contributed by atoms with van der Waals surface area (Å²) in [7, 11) is -2.47. The third kappa shape index (κ3) is 4.69. The Bertz CT molecular complexity index is 1100. The molecule has 1 heterocycles. The number of thiol groups is 1. The summed E-state index contributed by atoms with van der Waals surface area (Å²) in [5.41, 5.74) is 3.49. The van der Waals surface area contributed by atoms with E-state index in [1.165, 1.54) is 4.68 Å². The highest BCUT2D eigenvalue weighted by Gasteiger charge is 2.14. The first-order chi connectivity index (χ1) is 13.5. The second kappa shape index (κ2) is 9.17. The van der Waals surface area contributed by atoms with E-state index in [0.29, 0.717) is 22.7 Å². The number of rotatable bonds is 7. The maximum Gasteiger partial charge on any atom is 0.275 e. The fourth-order valence-electron chi connectivity index (χ4n) is 3.06. The van der Waals surface area contributed by atoms with Crippen LogP contribution in [-0.2, 0) is 22.9 Å². The Labute approximate surface area is 170 Å². The predicted molar refractivity (Wildman–Crippen MR) is 113 cm³/mol. The molecule has 28 heavy (non-hydrogen) atoms. The van der Waals surface area contributed by atoms with Gasteiger partial charge in [-0.1, -0.05) is 55.3 Å². The van der Waals surface area contributed by atoms with Gasteiger partial charge in [0.15, 0.2) is 0 Å². The molecule has 0 N–H and O–H groups in total. The van der Waals surface area contributed by atoms with E-state index in [2.05, 4.69) is 12.0 Å². The highest BCUT2D eigenvalue weighted by molar-refractivity contribution is 7.71. The number of hydrogen-bond donors (Lipinski definition) is 1. The highest BCUT2D eigenvalue weighted by Crippen LogP contribution is 2.24. The van der Waals surface area contributed by atoms with Crippen LogP contribution in [0.3, 0.4) is 0 Å². The Morgan fingerprint density at radius 2 is 1.86 bits per heavy atom. The van der Waals surface area contributed by atoms with Gasteiger partial charge in [0, 0.05) is 16.1 Å². The molecule has 0 spiro atoms. The van der Waals surface area contributed by atoms with Gasteiger partial charge in [-0.3, -0.25) is 4.79 Å². The number of benzene rings is 2. The molecule has 0 aliphatic rings. The third-order valence-corrected chi connectivity index (χ3v) is 5.35. The van der Waals surface area contributed by atoms with Crippen LogP contribution in [0.4, 0.5) is 0 Å². The lowest BCUT2D eigenvalue weighted by molar-refractivity contribution is 0.614. The molecule has 0 amide bonds. The van der Waals surface area contributed by atoms with Crippen LogP contribution in [0.25, 0.3) is 16.8 Å². The number of nitrogens with zero attached hydrogens (tertiary/aromatic N) is 2. The first-order valence-electron chi connectivity index (χ1n) is 9.08. The van der Waals surface area contributed by atoms with Gasteiger partial charge in [-0.15, -0.1) is 0 Å². The summed E-state index contributed by atoms with van der Waals surface area (Å²) in [6.45, 7) is 2.08. The van der Waals surface area contributed by atoms with Gasteiger partial charge in [0.05, 0.1) is 17.6 Å². The SMILES string of the molecule is CCCCc1c(-c2ccc(C[SH](=O)=O)cc2)cnn(-c2cccc(Cl)c2)c1=O. The molecule has 0 unspecified atom stereocenters. The summed E-state index contributed by atoms with van der Waals surface area (Å²) in [5.74, 6) is 0.00686. The summed E-state index contributed by atoms with van der Waals surface area (Å²) in [6.07, 6.45) is 4.18. The summed E-state index contributed by atoms with van der Waals surface area (Å²) in [4.78, 5) is 13.2. The average Bonchev–Trinajstić information content (AvgIpc) is 2.67. The largest absolute Gasteiger partial charge is 0.275 e. The van der Waals surface area contributed by atoms with Crippen molar-refractivity contribution < 1.29 is 8.42 Å². The van der Waals surface area contributed by atoms with E-state index in [1.807, 2.05) is 12.1 Å². The standard InChI is InChI=1S/C21H21ClN2O3S/c1-2-3-7-19-20(16-10-8-15(9-11-16)14-28(26)27)13-23-24(21(19)25)18-6-4-5-17(22)12-18/h4-6,8-13,28H,2-3,7,14H2,1H3. The molecule has 0 radical (unpaired) electrons. The Kier molecular flexibility index (Phi) is 6.65. The van der Waals surface area contributed by atoms with Crippen molar-refractivity contribution in [2.45, 2.75) is 31.9 Å². The zero-order valence-corrected chi connectivity index (χ0v) is 17.1. The number of hydrogen-bond acceptors (Lipinski definition) is 4. The quantitative estimate of drug-likeness (QED) is 0.591. The van der Waals surface area contributed by atoms with E-state index in [1.54, 1.807) is 42.6 Å². The van der Waals surface area contributed by atoms with E-state index in [-0.39, 0.29) is 11.3 Å². The monoisotopic (exact) mass is 416 g/mol. The van der Waals surface area contributed by atoms with Gasteiger partial charge in [0.25, 0.3) is 5.56 Å². The van der Waals surface area contributed by atoms with Crippen molar-refractivity contribution in [3.05, 3.63) is 81.2 Å². The van der Waals surface area contributed by atoms with Crippen LogP contribution in [0.2, 0.25) is 5.02 Å². The third-order valence-electron chi connectivity index (χ3n) is 4.49. The minimum Gasteiger partial charge on any atom is -0.267 e. The molecule has 1 aromatic heterocycles. The predicted octanol–water partition coefficient (Wildman–Crippen LogP) is 4.01. The topological polar surface area (TPSA) is 69.0 Å². The van der Waals surface area contributed by atoms with Crippen LogP contribution in [0.5, 0.6) is 0 Å². The van der Waals surface area contributed by atoms with Crippen LogP contribution >= 0.6 is 11.6 Å². The van der Waals surface area contributed by atoms with E-state index in [9.17, 15) is 13.2 Å². The van der Waals surface area contributed by atoms with Gasteiger partial charge in [-0.25, -0.2) is 8.42 Å². The zero-order valence-electron chi connectivity index (χ0n) is 15.5. The van der Waals surface area contributed by atoms with Crippen molar-refractivity contribution in [2.24, 2.45) is 0 Å². The maximum absolute atomic E-state index is 13.2. The van der Waals surface area contributed by atoms with E-state index < -0.39 is 10.7 Å². The summed E-state index contributed by atoms with van der Waals surface area (Å²) >= 11 is 6.06. The minimum absolute atomic E-state index is 0.00686. The van der Waals surface area contributed by atoms with Gasteiger partial charge < -0.3 is 0 Å². The molecule has 0 bridgehead atoms. The fraction of sp³-hybridized carbons (Fsp3) is 0.238. The molecular weight excluding hydrogens is 396 g/mol. The van der Waals surface area contributed by atoms with E-state index >= 15 is 0 Å². The maximum atomic E-state index is 13.2. The number of halogens is 1. The molecule has 3 aromatic rings. The molecule has 7 heteroatoms. The Balaban J connectivity index is 2.08. The second-order valence-electron chi connectivity index (χ2n) is 6.52. The van der Waals surface area contributed by atoms with Crippen LogP contribution < -0.4 is 5.56 Å². The highest BCUT2D eigenvalue weighted by atomic mass is 35.5. The lowest BCUT2D eigenvalue weighted by atomic mass is 9.98. The zero-order chi connectivity index (χ0) is 20.1. The lowest BCUT2D eigenvalue weighted by Crippen LogP contribution is -2.25. The molecule has 0 saturated carbocycles. The molecule has 3 rings (SSSR count). The van der Waals surface area contributed by atoms with Crippen molar-refractivity contribution in [1.82, 2.24) is 9.78 Å². The minimum atomic E-state index is -2.47. The number of aromatic nitrogens is 2. The Morgan fingerprint density at radius 3 is 2.50 bits per heavy atom. The first-order valence-corrected chi connectivity index (χ1v) is 10.8. The van der Waals surface area contributed by atoms with E-state index in [4.69, 9.17) is 11.6 Å². The second-order valence-corrected chi connectivity index (χ2v) is 7.94. The summed E-state index contributed by atoms with van der Waals surface area (Å²) in [6, 6.07) is 14.2. The lowest BCUT2D eigenvalue weighted by Gasteiger charge is -2.13. The van der Waals surface area contributed by atoms with Gasteiger partial charge in [-0.05, 0) is 42.2 Å². The molecule has 0 aliphatic carbocycles. The van der Waals surface area contributed by atoms with Crippen molar-refractivity contribution in [3.63, 3.8) is 0 Å². The van der Waals surface area contributed by atoms with Gasteiger partial charge >= 0.3 is 0 Å². The molecule has 5 nitrogen and oxygen atoms in total. The number of unbranched alkanes of at least 4 members (excludes halogenated alkanes) is 1. The molecule has 0 fully saturated rings. The smallest absolute Gasteiger partial charge is 0.267 e. The van der Waals surface area contributed by atoms with Crippen molar-refractivity contribution >= 4 is 22.3 Å². The molecule has 0 aliphatic heterocycles. The van der Waals surface area contributed by atoms with Crippen molar-refractivity contribution in [1.29, 1.82) is 0 Å². The molecule has 146 valence electrons. The van der Waals surface area contributed by atoms with Crippen molar-refractivity contribution in [2.75, 3.05) is 0 Å². The van der Waals surface area contributed by atoms with Crippen LogP contribution in [0.1, 0.15) is 30.9 Å². The first kappa shape index (κ1) is 20.3. The molecule has 0 atom stereocenters. The summed E-state index contributed by atoms with van der Waals surface area (Å²) < 4.78 is 23.2. The van der Waals surface area contributed by atoms with Crippen LogP contribution in [0, 0.1) is 0 Å². The van der Waals surface area contributed by atoms with Crippen LogP contribution in [0.15, 0.2) is 59.5 Å². The molecule has 0 saturated heterocycles. The Morgan fingerprint density at radius 1 is 1.11 bits per heavy atom. The molecular formula is C21H21ClN2O3S. The van der Waals surface area contributed by atoms with Crippen LogP contribution in [-0.4, -0.2) is 18.2 Å². The fourth-order valence-corrected chi connectivity index (χ4v) is 3.76. The van der Waals surface area contributed by atoms with Crippen molar-refractivity contribution in [3.8, 4) is 16.8 Å². The normalized spacial score (nSPS) is 11.1. The Hall–Kier alpha value is -2.44. The van der Waals surface area contributed by atoms with Gasteiger partial charge in [0.1, 0.15) is 10.7 Å².